The number of ether oxygens (including phenoxy) is 1. The van der Waals surface area contributed by atoms with Crippen LogP contribution in [0.3, 0.4) is 0 Å². The van der Waals surface area contributed by atoms with Crippen LogP contribution in [0.4, 0.5) is 5.69 Å². The molecule has 1 saturated heterocycles. The monoisotopic (exact) mass is 516 g/mol. The predicted octanol–water partition coefficient (Wildman–Crippen LogP) is 7.46. The Labute approximate surface area is 228 Å². The van der Waals surface area contributed by atoms with E-state index in [-0.39, 0.29) is 12.1 Å². The molecule has 2 atom stereocenters. The van der Waals surface area contributed by atoms with Crippen molar-refractivity contribution >= 4 is 23.0 Å². The van der Waals surface area contributed by atoms with Crippen molar-refractivity contribution in [2.24, 2.45) is 0 Å². The molecule has 0 radical (unpaired) electrons. The van der Waals surface area contributed by atoms with Gasteiger partial charge in [-0.1, -0.05) is 42.5 Å². The Morgan fingerprint density at radius 2 is 1.53 bits per heavy atom. The molecule has 0 saturated carbocycles. The summed E-state index contributed by atoms with van der Waals surface area (Å²) >= 11 is 5.94. The molecule has 0 spiro atoms. The van der Waals surface area contributed by atoms with Gasteiger partial charge in [-0.3, -0.25) is 4.98 Å². The second kappa shape index (κ2) is 10.1. The van der Waals surface area contributed by atoms with Crippen LogP contribution in [0.1, 0.15) is 34.6 Å². The van der Waals surface area contributed by atoms with E-state index in [1.165, 1.54) is 5.56 Å². The van der Waals surface area contributed by atoms with Gasteiger partial charge < -0.3 is 19.5 Å². The van der Waals surface area contributed by atoms with Gasteiger partial charge in [0.05, 0.1) is 11.7 Å². The van der Waals surface area contributed by atoms with Crippen LogP contribution in [0.25, 0.3) is 5.69 Å². The molecule has 0 bridgehead atoms. The topological polar surface area (TPSA) is 42.3 Å². The van der Waals surface area contributed by atoms with Gasteiger partial charge in [0.15, 0.2) is 5.11 Å². The van der Waals surface area contributed by atoms with Crippen molar-refractivity contribution in [3.63, 3.8) is 0 Å². The molecule has 1 aliphatic rings. The number of rotatable bonds is 6. The summed E-state index contributed by atoms with van der Waals surface area (Å²) in [6, 6.07) is 34.6. The molecule has 1 N–H and O–H groups in total. The Hall–Kier alpha value is -4.42. The number of anilines is 1. The van der Waals surface area contributed by atoms with Crippen molar-refractivity contribution in [2.45, 2.75) is 25.9 Å². The number of hydrogen-bond acceptors (Lipinski definition) is 3. The van der Waals surface area contributed by atoms with E-state index in [1.54, 1.807) is 0 Å². The van der Waals surface area contributed by atoms with E-state index in [0.717, 1.165) is 39.8 Å². The summed E-state index contributed by atoms with van der Waals surface area (Å²) in [5.74, 6) is 1.63. The first-order valence-corrected chi connectivity index (χ1v) is 13.1. The first-order chi connectivity index (χ1) is 18.6. The second-order valence-corrected chi connectivity index (χ2v) is 9.83. The summed E-state index contributed by atoms with van der Waals surface area (Å²) in [7, 11) is 0. The fraction of sp³-hybridized carbons (Fsp3) is 0.125. The number of para-hydroxylation sites is 2. The first-order valence-electron chi connectivity index (χ1n) is 12.7. The quantitative estimate of drug-likeness (QED) is 0.237. The minimum atomic E-state index is -0.121. The molecule has 1 fully saturated rings. The fourth-order valence-corrected chi connectivity index (χ4v) is 5.44. The summed E-state index contributed by atoms with van der Waals surface area (Å²) < 4.78 is 8.41. The van der Waals surface area contributed by atoms with Crippen molar-refractivity contribution in [1.82, 2.24) is 14.9 Å². The lowest BCUT2D eigenvalue weighted by Crippen LogP contribution is -2.30. The van der Waals surface area contributed by atoms with Gasteiger partial charge in [-0.2, -0.15) is 0 Å². The van der Waals surface area contributed by atoms with E-state index in [1.807, 2.05) is 61.7 Å². The molecular formula is C32H28N4OS. The zero-order chi connectivity index (χ0) is 26.1. The van der Waals surface area contributed by atoms with Gasteiger partial charge in [0.25, 0.3) is 0 Å². The molecule has 0 amide bonds. The van der Waals surface area contributed by atoms with Crippen LogP contribution in [0.15, 0.2) is 116 Å². The summed E-state index contributed by atoms with van der Waals surface area (Å²) in [6.07, 6.45) is 3.95. The molecule has 2 unspecified atom stereocenters. The minimum Gasteiger partial charge on any atom is -0.457 e. The summed E-state index contributed by atoms with van der Waals surface area (Å²) in [4.78, 5) is 6.89. The van der Waals surface area contributed by atoms with Gasteiger partial charge in [-0.25, -0.2) is 0 Å². The van der Waals surface area contributed by atoms with E-state index in [9.17, 15) is 0 Å². The molecule has 5 nitrogen and oxygen atoms in total. The van der Waals surface area contributed by atoms with E-state index in [2.05, 4.69) is 82.5 Å². The largest absolute Gasteiger partial charge is 0.457 e. The van der Waals surface area contributed by atoms with Crippen LogP contribution >= 0.6 is 12.2 Å². The Bertz CT molecular complexity index is 1580. The third-order valence-electron chi connectivity index (χ3n) is 6.99. The fourth-order valence-electron chi connectivity index (χ4n) is 5.09. The summed E-state index contributed by atoms with van der Waals surface area (Å²) in [5.41, 5.74) is 6.50. The standard InChI is InChI=1S/C32H28N4OS/c1-22-10-3-5-13-27(22)35-21-9-14-28(35)31-30(26-12-7-8-20-33-26)34-32(38)36(31)24-16-18-25(19-17-24)37-29-15-6-4-11-23(29)2/h3-21,30-31H,1-2H3,(H,34,38). The van der Waals surface area contributed by atoms with Crippen molar-refractivity contribution in [3.8, 4) is 17.2 Å². The predicted molar refractivity (Wildman–Crippen MR) is 156 cm³/mol. The number of benzene rings is 3. The van der Waals surface area contributed by atoms with Crippen molar-refractivity contribution in [3.05, 3.63) is 138 Å². The maximum absolute atomic E-state index is 6.15. The summed E-state index contributed by atoms with van der Waals surface area (Å²) in [5, 5.41) is 4.23. The van der Waals surface area contributed by atoms with E-state index < -0.39 is 0 Å². The average molecular weight is 517 g/mol. The number of pyridine rings is 1. The lowest BCUT2D eigenvalue weighted by atomic mass is 10.0. The Morgan fingerprint density at radius 3 is 2.26 bits per heavy atom. The van der Waals surface area contributed by atoms with Crippen LogP contribution in [0.5, 0.6) is 11.5 Å². The zero-order valence-corrected chi connectivity index (χ0v) is 22.1. The van der Waals surface area contributed by atoms with Crippen LogP contribution in [0, 0.1) is 13.8 Å². The minimum absolute atomic E-state index is 0.116. The molecule has 3 heterocycles. The number of hydrogen-bond donors (Lipinski definition) is 1. The van der Waals surface area contributed by atoms with Crippen molar-refractivity contribution in [1.29, 1.82) is 0 Å². The number of nitrogens with one attached hydrogen (secondary N) is 1. The Balaban J connectivity index is 1.41. The lowest BCUT2D eigenvalue weighted by molar-refractivity contribution is 0.479. The highest BCUT2D eigenvalue weighted by Gasteiger charge is 2.42. The van der Waals surface area contributed by atoms with E-state index in [4.69, 9.17) is 21.9 Å². The third kappa shape index (κ3) is 4.44. The van der Waals surface area contributed by atoms with Crippen LogP contribution in [0.2, 0.25) is 0 Å². The highest BCUT2D eigenvalue weighted by molar-refractivity contribution is 7.80. The van der Waals surface area contributed by atoms with Gasteiger partial charge in [0.2, 0.25) is 0 Å². The van der Waals surface area contributed by atoms with Crippen molar-refractivity contribution < 1.29 is 4.74 Å². The van der Waals surface area contributed by atoms with Crippen LogP contribution in [-0.4, -0.2) is 14.7 Å². The molecule has 6 rings (SSSR count). The maximum atomic E-state index is 6.15. The molecule has 0 aliphatic carbocycles. The molecule has 3 aromatic carbocycles. The highest BCUT2D eigenvalue weighted by atomic mass is 32.1. The van der Waals surface area contributed by atoms with Gasteiger partial charge >= 0.3 is 0 Å². The SMILES string of the molecule is Cc1ccccc1Oc1ccc(N2C(=S)NC(c3ccccn3)C2c2cccn2-c2ccccc2C)cc1. The lowest BCUT2D eigenvalue weighted by Gasteiger charge is -2.29. The van der Waals surface area contributed by atoms with Crippen LogP contribution in [-0.2, 0) is 0 Å². The van der Waals surface area contributed by atoms with E-state index in [0.29, 0.717) is 5.11 Å². The second-order valence-electron chi connectivity index (χ2n) is 9.45. The van der Waals surface area contributed by atoms with Crippen molar-refractivity contribution in [2.75, 3.05) is 4.90 Å². The average Bonchev–Trinajstić information content (AvgIpc) is 3.55. The number of aromatic nitrogens is 2. The Morgan fingerprint density at radius 1 is 0.789 bits per heavy atom. The highest BCUT2D eigenvalue weighted by Crippen LogP contribution is 2.43. The number of thiocarbonyl (C=S) groups is 1. The molecule has 38 heavy (non-hydrogen) atoms. The smallest absolute Gasteiger partial charge is 0.174 e. The van der Waals surface area contributed by atoms with Gasteiger partial charge in [0.1, 0.15) is 17.5 Å². The van der Waals surface area contributed by atoms with Crippen LogP contribution < -0.4 is 15.0 Å². The molecule has 5 aromatic rings. The van der Waals surface area contributed by atoms with Gasteiger partial charge in [-0.05, 0) is 97.9 Å². The normalized spacial score (nSPS) is 16.9. The molecule has 188 valence electrons. The van der Waals surface area contributed by atoms with Gasteiger partial charge in [-0.15, -0.1) is 0 Å². The van der Waals surface area contributed by atoms with Gasteiger partial charge in [0, 0.05) is 29.5 Å². The Kier molecular flexibility index (Phi) is 6.40. The number of nitrogens with zero attached hydrogens (tertiary/aromatic N) is 3. The van der Waals surface area contributed by atoms with E-state index >= 15 is 0 Å². The molecule has 6 heteroatoms. The molecular weight excluding hydrogens is 488 g/mol. The number of aryl methyl sites for hydroxylation is 2. The molecule has 1 aliphatic heterocycles. The molecule has 2 aromatic heterocycles. The summed E-state index contributed by atoms with van der Waals surface area (Å²) in [6.45, 7) is 4.18. The first kappa shape index (κ1) is 23.9. The third-order valence-corrected chi connectivity index (χ3v) is 7.31. The maximum Gasteiger partial charge on any atom is 0.174 e. The zero-order valence-electron chi connectivity index (χ0n) is 21.3.